The van der Waals surface area contributed by atoms with E-state index in [4.69, 9.17) is 4.74 Å². The Kier molecular flexibility index (Phi) is 6.66. The lowest BCUT2D eigenvalue weighted by Crippen LogP contribution is -2.28. The van der Waals surface area contributed by atoms with E-state index in [1.54, 1.807) is 42.0 Å². The van der Waals surface area contributed by atoms with Crippen molar-refractivity contribution in [3.05, 3.63) is 66.1 Å². The molecule has 1 heterocycles. The molecule has 154 valence electrons. The number of ether oxygens (including phenoxy) is 1. The van der Waals surface area contributed by atoms with E-state index in [9.17, 15) is 17.6 Å². The average molecular weight is 418 g/mol. The molecule has 0 fully saturated rings. The predicted molar refractivity (Wildman–Crippen MR) is 109 cm³/mol. The van der Waals surface area contributed by atoms with Crippen molar-refractivity contribution in [3.8, 4) is 0 Å². The van der Waals surface area contributed by atoms with Gasteiger partial charge < -0.3 is 14.6 Å². The number of amides is 1. The minimum absolute atomic E-state index is 0.0112. The van der Waals surface area contributed by atoms with Crippen LogP contribution in [0.25, 0.3) is 10.9 Å². The van der Waals surface area contributed by atoms with Gasteiger partial charge in [-0.3, -0.25) is 4.79 Å². The van der Waals surface area contributed by atoms with Gasteiger partial charge in [0.15, 0.2) is 9.84 Å². The summed E-state index contributed by atoms with van der Waals surface area (Å²) in [6.07, 6.45) is 2.15. The Morgan fingerprint density at radius 3 is 2.62 bits per heavy atom. The number of methoxy groups -OCH3 is 1. The van der Waals surface area contributed by atoms with Gasteiger partial charge in [0.2, 0.25) is 5.91 Å². The summed E-state index contributed by atoms with van der Waals surface area (Å²) in [5.41, 5.74) is 0.742. The lowest BCUT2D eigenvalue weighted by atomic mass is 10.2. The zero-order valence-electron chi connectivity index (χ0n) is 16.1. The first-order valence-electron chi connectivity index (χ1n) is 9.22. The molecule has 0 atom stereocenters. The van der Waals surface area contributed by atoms with Gasteiger partial charge in [-0.25, -0.2) is 12.8 Å². The van der Waals surface area contributed by atoms with Crippen molar-refractivity contribution in [2.45, 2.75) is 23.6 Å². The second-order valence-electron chi connectivity index (χ2n) is 6.69. The molecule has 1 amide bonds. The lowest BCUT2D eigenvalue weighted by Gasteiger charge is -2.07. The van der Waals surface area contributed by atoms with Crippen molar-refractivity contribution in [1.82, 2.24) is 9.88 Å². The van der Waals surface area contributed by atoms with E-state index in [0.29, 0.717) is 30.5 Å². The number of para-hydroxylation sites is 1. The maximum atomic E-state index is 14.0. The van der Waals surface area contributed by atoms with E-state index < -0.39 is 21.4 Å². The van der Waals surface area contributed by atoms with Crippen molar-refractivity contribution in [3.63, 3.8) is 0 Å². The van der Waals surface area contributed by atoms with Crippen LogP contribution >= 0.6 is 0 Å². The molecule has 8 heteroatoms. The quantitative estimate of drug-likeness (QED) is 0.542. The second kappa shape index (κ2) is 9.19. The molecule has 1 aromatic heterocycles. The van der Waals surface area contributed by atoms with Crippen LogP contribution < -0.4 is 5.32 Å². The number of nitrogens with one attached hydrogen (secondary N) is 1. The Morgan fingerprint density at radius 1 is 1.14 bits per heavy atom. The summed E-state index contributed by atoms with van der Waals surface area (Å²) in [6, 6.07) is 12.8. The normalized spacial score (nSPS) is 11.7. The molecule has 6 nitrogen and oxygen atoms in total. The first-order valence-corrected chi connectivity index (χ1v) is 10.9. The third-order valence-corrected chi connectivity index (χ3v) is 6.24. The van der Waals surface area contributed by atoms with Crippen LogP contribution in [0.4, 0.5) is 4.39 Å². The standard InChI is InChI=1S/C21H23FN2O4S/c1-28-12-6-11-23-21(25)14-24-13-20(17-8-3-5-10-19(17)24)29(26,27)15-16-7-2-4-9-18(16)22/h2-5,7-10,13H,6,11-12,14-15H2,1H3,(H,23,25). The van der Waals surface area contributed by atoms with Gasteiger partial charge in [0.1, 0.15) is 12.4 Å². The summed E-state index contributed by atoms with van der Waals surface area (Å²) in [7, 11) is -2.22. The minimum Gasteiger partial charge on any atom is -0.385 e. The molecule has 0 radical (unpaired) electrons. The van der Waals surface area contributed by atoms with Crippen LogP contribution in [0.5, 0.6) is 0 Å². The van der Waals surface area contributed by atoms with E-state index in [1.807, 2.05) is 0 Å². The molecule has 0 spiro atoms. The largest absolute Gasteiger partial charge is 0.385 e. The maximum Gasteiger partial charge on any atom is 0.239 e. The summed E-state index contributed by atoms with van der Waals surface area (Å²) in [5.74, 6) is -1.23. The molecule has 0 saturated heterocycles. The number of nitrogens with zero attached hydrogens (tertiary/aromatic N) is 1. The Hall–Kier alpha value is -2.71. The van der Waals surface area contributed by atoms with E-state index in [1.165, 1.54) is 24.4 Å². The number of benzene rings is 2. The van der Waals surface area contributed by atoms with Gasteiger partial charge in [-0.05, 0) is 18.6 Å². The lowest BCUT2D eigenvalue weighted by molar-refractivity contribution is -0.121. The molecular weight excluding hydrogens is 395 g/mol. The topological polar surface area (TPSA) is 77.4 Å². The fraction of sp³-hybridized carbons (Fsp3) is 0.286. The Bertz CT molecular complexity index is 1110. The fourth-order valence-corrected chi connectivity index (χ4v) is 4.74. The number of sulfone groups is 1. The number of carbonyl (C=O) groups excluding carboxylic acids is 1. The molecule has 3 rings (SSSR count). The van der Waals surface area contributed by atoms with Gasteiger partial charge in [0.25, 0.3) is 0 Å². The summed E-state index contributed by atoms with van der Waals surface area (Å²) in [4.78, 5) is 12.3. The third-order valence-electron chi connectivity index (χ3n) is 4.55. The number of rotatable bonds is 9. The summed E-state index contributed by atoms with van der Waals surface area (Å²) >= 11 is 0. The fourth-order valence-electron chi connectivity index (χ4n) is 3.14. The van der Waals surface area contributed by atoms with Crippen LogP contribution in [0.2, 0.25) is 0 Å². The molecule has 3 aromatic rings. The van der Waals surface area contributed by atoms with Crippen molar-refractivity contribution in [2.75, 3.05) is 20.3 Å². The molecule has 29 heavy (non-hydrogen) atoms. The maximum absolute atomic E-state index is 14.0. The molecular formula is C21H23FN2O4S. The zero-order valence-corrected chi connectivity index (χ0v) is 16.9. The van der Waals surface area contributed by atoms with Gasteiger partial charge in [-0.2, -0.15) is 0 Å². The van der Waals surface area contributed by atoms with Crippen LogP contribution in [0.15, 0.2) is 59.6 Å². The second-order valence-corrected chi connectivity index (χ2v) is 8.64. The van der Waals surface area contributed by atoms with E-state index >= 15 is 0 Å². The predicted octanol–water partition coefficient (Wildman–Crippen LogP) is 2.91. The highest BCUT2D eigenvalue weighted by Crippen LogP contribution is 2.28. The smallest absolute Gasteiger partial charge is 0.239 e. The van der Waals surface area contributed by atoms with E-state index in [2.05, 4.69) is 5.32 Å². The average Bonchev–Trinajstić information content (AvgIpc) is 3.06. The first kappa shape index (κ1) is 21.0. The van der Waals surface area contributed by atoms with Crippen LogP contribution in [-0.4, -0.2) is 39.2 Å². The van der Waals surface area contributed by atoms with Crippen LogP contribution in [0, 0.1) is 5.82 Å². The monoisotopic (exact) mass is 418 g/mol. The van der Waals surface area contributed by atoms with Gasteiger partial charge in [-0.1, -0.05) is 36.4 Å². The molecule has 0 bridgehead atoms. The molecule has 0 unspecified atom stereocenters. The highest BCUT2D eigenvalue weighted by Gasteiger charge is 2.23. The summed E-state index contributed by atoms with van der Waals surface area (Å²) in [6.45, 7) is 1.01. The molecule has 0 saturated carbocycles. The highest BCUT2D eigenvalue weighted by atomic mass is 32.2. The zero-order chi connectivity index (χ0) is 20.9. The van der Waals surface area contributed by atoms with Crippen molar-refractivity contribution in [2.24, 2.45) is 0 Å². The van der Waals surface area contributed by atoms with Gasteiger partial charge in [0.05, 0.1) is 10.6 Å². The van der Waals surface area contributed by atoms with Gasteiger partial charge in [0, 0.05) is 42.9 Å². The number of aromatic nitrogens is 1. The highest BCUT2D eigenvalue weighted by molar-refractivity contribution is 7.90. The van der Waals surface area contributed by atoms with Crippen molar-refractivity contribution in [1.29, 1.82) is 0 Å². The third kappa shape index (κ3) is 5.02. The SMILES string of the molecule is COCCCNC(=O)Cn1cc(S(=O)(=O)Cc2ccccc2F)c2ccccc21. The van der Waals surface area contributed by atoms with Gasteiger partial charge >= 0.3 is 0 Å². The summed E-state index contributed by atoms with van der Waals surface area (Å²) < 4.78 is 46.6. The number of hydrogen-bond acceptors (Lipinski definition) is 4. The number of carbonyl (C=O) groups is 1. The van der Waals surface area contributed by atoms with Crippen LogP contribution in [0.3, 0.4) is 0 Å². The van der Waals surface area contributed by atoms with Crippen molar-refractivity contribution < 1.29 is 22.3 Å². The molecule has 0 aliphatic rings. The van der Waals surface area contributed by atoms with Crippen LogP contribution in [-0.2, 0) is 31.7 Å². The molecule has 1 N–H and O–H groups in total. The van der Waals surface area contributed by atoms with Crippen molar-refractivity contribution >= 4 is 26.6 Å². The summed E-state index contributed by atoms with van der Waals surface area (Å²) in [5, 5.41) is 3.30. The van der Waals surface area contributed by atoms with Crippen LogP contribution in [0.1, 0.15) is 12.0 Å². The number of halogens is 1. The number of fused-ring (bicyclic) bond motifs is 1. The molecule has 0 aliphatic carbocycles. The minimum atomic E-state index is -3.81. The van der Waals surface area contributed by atoms with E-state index in [0.717, 1.165) is 0 Å². The molecule has 2 aromatic carbocycles. The Morgan fingerprint density at radius 2 is 1.86 bits per heavy atom. The Labute approximate surface area is 169 Å². The first-order chi connectivity index (χ1) is 13.9. The van der Waals surface area contributed by atoms with E-state index in [-0.39, 0.29) is 22.9 Å². The Balaban J connectivity index is 1.87. The molecule has 0 aliphatic heterocycles. The number of hydrogen-bond donors (Lipinski definition) is 1. The van der Waals surface area contributed by atoms with Gasteiger partial charge in [-0.15, -0.1) is 0 Å².